The molecule has 0 aliphatic carbocycles. The Labute approximate surface area is 106 Å². The van der Waals surface area contributed by atoms with Gasteiger partial charge in [0.05, 0.1) is 0 Å². The van der Waals surface area contributed by atoms with Gasteiger partial charge >= 0.3 is 0 Å². The summed E-state index contributed by atoms with van der Waals surface area (Å²) in [4.78, 5) is 13.7. The van der Waals surface area contributed by atoms with Gasteiger partial charge in [0.2, 0.25) is 0 Å². The molecule has 1 saturated heterocycles. The van der Waals surface area contributed by atoms with Gasteiger partial charge in [0.25, 0.3) is 0 Å². The number of hydrogen-bond acceptors (Lipinski definition) is 2. The summed E-state index contributed by atoms with van der Waals surface area (Å²) in [5.74, 6) is -1.36. The van der Waals surface area contributed by atoms with Crippen LogP contribution in [0.2, 0.25) is 0 Å². The van der Waals surface area contributed by atoms with Gasteiger partial charge < -0.3 is 0 Å². The zero-order valence-corrected chi connectivity index (χ0v) is 10.6. The standard InChI is InChI=1S/C14H17F2NO/c1-9-10(2)17(6-5-14(9)18)8-11-3-4-12(15)13(16)7-11/h3-4,7,9-10H,5-6,8H2,1-2H3. The molecule has 0 N–H and O–H groups in total. The number of benzene rings is 1. The molecule has 0 spiro atoms. The van der Waals surface area contributed by atoms with Crippen molar-refractivity contribution in [2.45, 2.75) is 32.9 Å². The highest BCUT2D eigenvalue weighted by Gasteiger charge is 2.30. The largest absolute Gasteiger partial charge is 0.299 e. The number of piperidine rings is 1. The smallest absolute Gasteiger partial charge is 0.159 e. The number of rotatable bonds is 2. The third kappa shape index (κ3) is 2.58. The van der Waals surface area contributed by atoms with Crippen molar-refractivity contribution < 1.29 is 13.6 Å². The Morgan fingerprint density at radius 3 is 2.67 bits per heavy atom. The summed E-state index contributed by atoms with van der Waals surface area (Å²) in [6.07, 6.45) is 0.537. The second-order valence-electron chi connectivity index (χ2n) is 4.96. The van der Waals surface area contributed by atoms with Gasteiger partial charge in [-0.25, -0.2) is 8.78 Å². The third-order valence-electron chi connectivity index (χ3n) is 3.82. The lowest BCUT2D eigenvalue weighted by Crippen LogP contribution is -2.46. The van der Waals surface area contributed by atoms with E-state index in [1.165, 1.54) is 6.07 Å². The summed E-state index contributed by atoms with van der Waals surface area (Å²) in [5.41, 5.74) is 0.738. The molecule has 0 bridgehead atoms. The molecule has 0 radical (unpaired) electrons. The van der Waals surface area contributed by atoms with Crippen LogP contribution in [-0.4, -0.2) is 23.3 Å². The van der Waals surface area contributed by atoms with Crippen molar-refractivity contribution in [1.82, 2.24) is 4.90 Å². The summed E-state index contributed by atoms with van der Waals surface area (Å²) in [6, 6.07) is 4.10. The first kappa shape index (κ1) is 13.1. The van der Waals surface area contributed by atoms with Crippen LogP contribution in [0.25, 0.3) is 0 Å². The Hall–Kier alpha value is -1.29. The van der Waals surface area contributed by atoms with Gasteiger partial charge in [-0.15, -0.1) is 0 Å². The molecule has 0 aromatic heterocycles. The minimum atomic E-state index is -0.825. The number of likely N-dealkylation sites (tertiary alicyclic amines) is 1. The van der Waals surface area contributed by atoms with E-state index in [1.54, 1.807) is 6.07 Å². The zero-order valence-electron chi connectivity index (χ0n) is 10.6. The van der Waals surface area contributed by atoms with Crippen molar-refractivity contribution in [3.63, 3.8) is 0 Å². The van der Waals surface area contributed by atoms with Gasteiger partial charge in [-0.3, -0.25) is 9.69 Å². The number of halogens is 2. The summed E-state index contributed by atoms with van der Waals surface area (Å²) < 4.78 is 26.0. The van der Waals surface area contributed by atoms with E-state index in [0.717, 1.165) is 11.6 Å². The Balaban J connectivity index is 2.09. The fourth-order valence-electron chi connectivity index (χ4n) is 2.37. The van der Waals surface area contributed by atoms with E-state index in [4.69, 9.17) is 0 Å². The molecule has 1 aliphatic rings. The molecule has 2 nitrogen and oxygen atoms in total. The first-order valence-electron chi connectivity index (χ1n) is 6.19. The lowest BCUT2D eigenvalue weighted by atomic mass is 9.90. The molecule has 1 aromatic carbocycles. The minimum absolute atomic E-state index is 0.00375. The van der Waals surface area contributed by atoms with Crippen molar-refractivity contribution in [3.05, 3.63) is 35.4 Å². The van der Waals surface area contributed by atoms with Gasteiger partial charge in [-0.1, -0.05) is 13.0 Å². The van der Waals surface area contributed by atoms with Crippen molar-refractivity contribution in [3.8, 4) is 0 Å². The van der Waals surface area contributed by atoms with E-state index < -0.39 is 11.6 Å². The molecular formula is C14H17F2NO. The highest BCUT2D eigenvalue weighted by atomic mass is 19.2. The van der Waals surface area contributed by atoms with Gasteiger partial charge in [-0.2, -0.15) is 0 Å². The normalized spacial score (nSPS) is 25.4. The van der Waals surface area contributed by atoms with Crippen LogP contribution in [0.5, 0.6) is 0 Å². The van der Waals surface area contributed by atoms with E-state index in [9.17, 15) is 13.6 Å². The van der Waals surface area contributed by atoms with Crippen LogP contribution >= 0.6 is 0 Å². The van der Waals surface area contributed by atoms with Crippen LogP contribution in [0.4, 0.5) is 8.78 Å². The van der Waals surface area contributed by atoms with Crippen molar-refractivity contribution in [2.24, 2.45) is 5.92 Å². The summed E-state index contributed by atoms with van der Waals surface area (Å²) in [5, 5.41) is 0. The minimum Gasteiger partial charge on any atom is -0.299 e. The van der Waals surface area contributed by atoms with Crippen molar-refractivity contribution in [2.75, 3.05) is 6.54 Å². The fourth-order valence-corrected chi connectivity index (χ4v) is 2.37. The molecule has 18 heavy (non-hydrogen) atoms. The van der Waals surface area contributed by atoms with E-state index in [-0.39, 0.29) is 17.7 Å². The van der Waals surface area contributed by atoms with E-state index in [1.807, 2.05) is 13.8 Å². The molecule has 2 unspecified atom stereocenters. The molecule has 2 atom stereocenters. The molecular weight excluding hydrogens is 236 g/mol. The lowest BCUT2D eigenvalue weighted by Gasteiger charge is -2.36. The maximum atomic E-state index is 13.1. The van der Waals surface area contributed by atoms with E-state index in [0.29, 0.717) is 19.5 Å². The number of ketones is 1. The highest BCUT2D eigenvalue weighted by molar-refractivity contribution is 5.82. The highest BCUT2D eigenvalue weighted by Crippen LogP contribution is 2.22. The molecule has 98 valence electrons. The monoisotopic (exact) mass is 253 g/mol. The topological polar surface area (TPSA) is 20.3 Å². The number of carbonyl (C=O) groups is 1. The number of Topliss-reactive ketones (excluding diaryl/α,β-unsaturated/α-hetero) is 1. The van der Waals surface area contributed by atoms with Crippen LogP contribution < -0.4 is 0 Å². The number of carbonyl (C=O) groups excluding carboxylic acids is 1. The van der Waals surface area contributed by atoms with Crippen LogP contribution in [0.1, 0.15) is 25.8 Å². The summed E-state index contributed by atoms with van der Waals surface area (Å²) in [7, 11) is 0. The maximum absolute atomic E-state index is 13.1. The van der Waals surface area contributed by atoms with Gasteiger partial charge in [0.1, 0.15) is 5.78 Å². The molecule has 1 fully saturated rings. The maximum Gasteiger partial charge on any atom is 0.159 e. The molecule has 2 rings (SSSR count). The van der Waals surface area contributed by atoms with Crippen molar-refractivity contribution in [1.29, 1.82) is 0 Å². The van der Waals surface area contributed by atoms with E-state index in [2.05, 4.69) is 4.90 Å². The third-order valence-corrected chi connectivity index (χ3v) is 3.82. The quantitative estimate of drug-likeness (QED) is 0.807. The second-order valence-corrected chi connectivity index (χ2v) is 4.96. The first-order chi connectivity index (χ1) is 8.49. The van der Waals surface area contributed by atoms with Crippen molar-refractivity contribution >= 4 is 5.78 Å². The molecule has 4 heteroatoms. The average molecular weight is 253 g/mol. The van der Waals surface area contributed by atoms with Crippen LogP contribution in [0, 0.1) is 17.6 Å². The number of hydrogen-bond donors (Lipinski definition) is 0. The predicted molar refractivity (Wildman–Crippen MR) is 65.0 cm³/mol. The Bertz CT molecular complexity index is 461. The first-order valence-corrected chi connectivity index (χ1v) is 6.19. The van der Waals surface area contributed by atoms with Crippen LogP contribution in [-0.2, 0) is 11.3 Å². The summed E-state index contributed by atoms with van der Waals surface area (Å²) >= 11 is 0. The Morgan fingerprint density at radius 1 is 1.28 bits per heavy atom. The molecule has 0 amide bonds. The molecule has 0 saturated carbocycles. The molecule has 1 aromatic rings. The molecule has 1 heterocycles. The predicted octanol–water partition coefficient (Wildman–Crippen LogP) is 2.76. The zero-order chi connectivity index (χ0) is 13.3. The molecule has 1 aliphatic heterocycles. The van der Waals surface area contributed by atoms with Crippen LogP contribution in [0.3, 0.4) is 0 Å². The average Bonchev–Trinajstić information content (AvgIpc) is 2.34. The lowest BCUT2D eigenvalue weighted by molar-refractivity contribution is -0.128. The Kier molecular flexibility index (Phi) is 3.76. The van der Waals surface area contributed by atoms with E-state index >= 15 is 0 Å². The summed E-state index contributed by atoms with van der Waals surface area (Å²) in [6.45, 7) is 5.16. The SMILES string of the molecule is CC1C(=O)CCN(Cc2ccc(F)c(F)c2)C1C. The van der Waals surface area contributed by atoms with Gasteiger partial charge in [-0.05, 0) is 24.6 Å². The number of nitrogens with zero attached hydrogens (tertiary/aromatic N) is 1. The second kappa shape index (κ2) is 5.14. The van der Waals surface area contributed by atoms with Gasteiger partial charge in [0, 0.05) is 31.5 Å². The van der Waals surface area contributed by atoms with Crippen LogP contribution in [0.15, 0.2) is 18.2 Å². The Morgan fingerprint density at radius 2 is 2.00 bits per heavy atom. The van der Waals surface area contributed by atoms with Gasteiger partial charge in [0.15, 0.2) is 11.6 Å². The fraction of sp³-hybridized carbons (Fsp3) is 0.500.